The number of ketones is 1. The Morgan fingerprint density at radius 3 is 2.75 bits per heavy atom. The second-order valence-electron chi connectivity index (χ2n) is 6.35. The number of pyridine rings is 1. The van der Waals surface area contributed by atoms with E-state index in [0.717, 1.165) is 23.6 Å². The highest BCUT2D eigenvalue weighted by Gasteiger charge is 2.17. The molecule has 0 radical (unpaired) electrons. The zero-order valence-corrected chi connectivity index (χ0v) is 17.8. The van der Waals surface area contributed by atoms with Crippen LogP contribution in [-0.4, -0.2) is 34.9 Å². The molecule has 7 nitrogen and oxygen atoms in total. The summed E-state index contributed by atoms with van der Waals surface area (Å²) in [6.07, 6.45) is -2.16. The van der Waals surface area contributed by atoms with Gasteiger partial charge in [-0.2, -0.15) is 0 Å². The van der Waals surface area contributed by atoms with Crippen LogP contribution in [0.2, 0.25) is 4.34 Å². The van der Waals surface area contributed by atoms with Gasteiger partial charge in [0, 0.05) is 25.7 Å². The average molecular weight is 484 g/mol. The smallest absolute Gasteiger partial charge is 0.286 e. The van der Waals surface area contributed by atoms with E-state index in [9.17, 15) is 27.6 Å². The summed E-state index contributed by atoms with van der Waals surface area (Å²) >= 11 is 7.06. The maximum atomic E-state index is 13.8. The second-order valence-corrected chi connectivity index (χ2v) is 8.00. The predicted molar refractivity (Wildman–Crippen MR) is 110 cm³/mol. The lowest BCUT2D eigenvalue weighted by molar-refractivity contribution is 0.0952. The molecule has 0 unspecified atom stereocenters. The topological polar surface area (TPSA) is 94.2 Å². The van der Waals surface area contributed by atoms with Crippen molar-refractivity contribution in [1.29, 1.82) is 0 Å². The van der Waals surface area contributed by atoms with E-state index in [4.69, 9.17) is 16.1 Å². The molecule has 0 bridgehead atoms. The van der Waals surface area contributed by atoms with Crippen LogP contribution in [0.3, 0.4) is 0 Å². The number of nitrogens with zero attached hydrogens (tertiary/aromatic N) is 2. The van der Waals surface area contributed by atoms with Gasteiger partial charge in [-0.15, -0.1) is 11.3 Å². The van der Waals surface area contributed by atoms with Gasteiger partial charge in [0.25, 0.3) is 17.9 Å². The van der Waals surface area contributed by atoms with E-state index in [1.165, 1.54) is 19.2 Å². The summed E-state index contributed by atoms with van der Waals surface area (Å²) in [5, 5.41) is 5.95. The van der Waals surface area contributed by atoms with Gasteiger partial charge in [-0.05, 0) is 23.6 Å². The first-order valence-electron chi connectivity index (χ1n) is 8.88. The van der Waals surface area contributed by atoms with Gasteiger partial charge in [0.15, 0.2) is 17.3 Å². The normalized spacial score (nSPS) is 10.7. The van der Waals surface area contributed by atoms with E-state index in [2.05, 4.69) is 22.3 Å². The van der Waals surface area contributed by atoms with Crippen molar-refractivity contribution in [2.24, 2.45) is 0 Å². The van der Waals surface area contributed by atoms with Gasteiger partial charge in [0.05, 0.1) is 17.0 Å². The largest absolute Gasteiger partial charge is 0.354 e. The first-order valence-corrected chi connectivity index (χ1v) is 10.1. The molecule has 0 saturated heterocycles. The Labute approximate surface area is 187 Å². The molecule has 0 atom stereocenters. The highest BCUT2D eigenvalue weighted by Crippen LogP contribution is 2.28. The molecule has 32 heavy (non-hydrogen) atoms. The quantitative estimate of drug-likeness (QED) is 0.429. The fourth-order valence-electron chi connectivity index (χ4n) is 2.60. The van der Waals surface area contributed by atoms with E-state index >= 15 is 0 Å². The van der Waals surface area contributed by atoms with E-state index in [1.54, 1.807) is 0 Å². The van der Waals surface area contributed by atoms with Crippen LogP contribution >= 0.6 is 22.9 Å². The summed E-state index contributed by atoms with van der Waals surface area (Å²) in [6.45, 7) is -0.981. The number of aromatic nitrogens is 2. The monoisotopic (exact) mass is 483 g/mol. The molecule has 0 aliphatic heterocycles. The molecule has 0 saturated carbocycles. The number of alkyl halides is 2. The second kappa shape index (κ2) is 9.84. The van der Waals surface area contributed by atoms with Crippen LogP contribution < -0.4 is 10.9 Å². The molecule has 0 fully saturated rings. The molecule has 3 aromatic heterocycles. The van der Waals surface area contributed by atoms with Crippen molar-refractivity contribution in [2.45, 2.75) is 19.4 Å². The highest BCUT2D eigenvalue weighted by atomic mass is 35.5. The third kappa shape index (κ3) is 5.46. The van der Waals surface area contributed by atoms with E-state index in [-0.39, 0.29) is 32.7 Å². The van der Waals surface area contributed by atoms with E-state index in [1.807, 2.05) is 0 Å². The number of amides is 1. The van der Waals surface area contributed by atoms with Crippen LogP contribution in [0.15, 0.2) is 33.7 Å². The average Bonchev–Trinajstić information content (AvgIpc) is 3.36. The van der Waals surface area contributed by atoms with Crippen LogP contribution in [0.1, 0.15) is 37.0 Å². The summed E-state index contributed by atoms with van der Waals surface area (Å²) < 4.78 is 44.6. The Kier molecular flexibility index (Phi) is 7.17. The number of carbonyl (C=O) groups excluding carboxylic acids is 2. The first-order chi connectivity index (χ1) is 15.2. The Balaban J connectivity index is 1.78. The standard InChI is InChI=1S/C20H13ClF3N3O4S/c1-25-19(29)14-7-12(31-26-14)3-2-11-6-16(32-18(11)21)15(28)5-10-4-13(22)20(30)27(8-10)9-17(23)24/h4,6-8,17H,5,9H2,1H3,(H,25,29). The lowest BCUT2D eigenvalue weighted by atomic mass is 10.1. The number of rotatable bonds is 6. The number of Topliss-reactive ketones (excluding diaryl/α,β-unsaturated/α-hetero) is 1. The van der Waals surface area contributed by atoms with Crippen LogP contribution in [0.5, 0.6) is 0 Å². The molecule has 12 heteroatoms. The van der Waals surface area contributed by atoms with Crippen molar-refractivity contribution in [2.75, 3.05) is 7.05 Å². The minimum atomic E-state index is -2.85. The van der Waals surface area contributed by atoms with Crippen LogP contribution in [0.25, 0.3) is 0 Å². The van der Waals surface area contributed by atoms with Crippen LogP contribution in [0, 0.1) is 17.7 Å². The minimum Gasteiger partial charge on any atom is -0.354 e. The van der Waals surface area contributed by atoms with Crippen molar-refractivity contribution in [3.05, 3.63) is 72.4 Å². The maximum Gasteiger partial charge on any atom is 0.286 e. The molecular weight excluding hydrogens is 471 g/mol. The first kappa shape index (κ1) is 23.3. The van der Waals surface area contributed by atoms with Crippen molar-refractivity contribution >= 4 is 34.6 Å². The fraction of sp³-hybridized carbons (Fsp3) is 0.200. The van der Waals surface area contributed by atoms with Crippen LogP contribution in [-0.2, 0) is 13.0 Å². The molecule has 0 spiro atoms. The third-order valence-corrected chi connectivity index (χ3v) is 5.45. The van der Waals surface area contributed by atoms with Gasteiger partial charge in [-0.1, -0.05) is 22.7 Å². The van der Waals surface area contributed by atoms with Gasteiger partial charge in [-0.3, -0.25) is 14.4 Å². The molecule has 0 aliphatic carbocycles. The van der Waals surface area contributed by atoms with Gasteiger partial charge >= 0.3 is 0 Å². The summed E-state index contributed by atoms with van der Waals surface area (Å²) in [5.41, 5.74) is -0.769. The molecule has 3 heterocycles. The van der Waals surface area contributed by atoms with Crippen molar-refractivity contribution in [3.8, 4) is 11.8 Å². The number of hydrogen-bond acceptors (Lipinski definition) is 6. The molecular formula is C20H13ClF3N3O4S. The fourth-order valence-corrected chi connectivity index (χ4v) is 3.73. The van der Waals surface area contributed by atoms with Gasteiger partial charge in [0.2, 0.25) is 5.76 Å². The van der Waals surface area contributed by atoms with E-state index in [0.29, 0.717) is 10.1 Å². The Morgan fingerprint density at radius 2 is 2.06 bits per heavy atom. The minimum absolute atomic E-state index is 0.0458. The molecule has 1 amide bonds. The Bertz CT molecular complexity index is 1300. The van der Waals surface area contributed by atoms with Crippen molar-refractivity contribution in [3.63, 3.8) is 0 Å². The Hall–Kier alpha value is -3.36. The third-order valence-electron chi connectivity index (χ3n) is 4.05. The number of hydrogen-bond donors (Lipinski definition) is 1. The number of carbonyl (C=O) groups is 2. The van der Waals surface area contributed by atoms with Crippen molar-refractivity contribution < 1.29 is 27.3 Å². The van der Waals surface area contributed by atoms with Gasteiger partial charge < -0.3 is 14.4 Å². The molecule has 0 aliphatic rings. The maximum absolute atomic E-state index is 13.8. The predicted octanol–water partition coefficient (Wildman–Crippen LogP) is 3.14. The molecule has 3 aromatic rings. The van der Waals surface area contributed by atoms with Crippen LogP contribution in [0.4, 0.5) is 13.2 Å². The molecule has 166 valence electrons. The lowest BCUT2D eigenvalue weighted by Gasteiger charge is -2.08. The number of nitrogens with one attached hydrogen (secondary N) is 1. The Morgan fingerprint density at radius 1 is 1.31 bits per heavy atom. The summed E-state index contributed by atoms with van der Waals surface area (Å²) in [5.74, 6) is 3.31. The zero-order valence-electron chi connectivity index (χ0n) is 16.2. The number of thiophene rings is 1. The van der Waals surface area contributed by atoms with Gasteiger partial charge in [-0.25, -0.2) is 13.2 Å². The lowest BCUT2D eigenvalue weighted by Crippen LogP contribution is -2.26. The highest BCUT2D eigenvalue weighted by molar-refractivity contribution is 7.18. The molecule has 0 aromatic carbocycles. The van der Waals surface area contributed by atoms with Crippen molar-refractivity contribution in [1.82, 2.24) is 15.0 Å². The molecule has 1 N–H and O–H groups in total. The summed E-state index contributed by atoms with van der Waals surface area (Å²) in [7, 11) is 1.44. The summed E-state index contributed by atoms with van der Waals surface area (Å²) in [6, 6.07) is 3.59. The van der Waals surface area contributed by atoms with E-state index < -0.39 is 36.0 Å². The SMILES string of the molecule is CNC(=O)c1cc(C#Cc2cc(C(=O)Cc3cc(F)c(=O)n(CC(F)F)c3)sc2Cl)on1. The number of halogens is 4. The zero-order chi connectivity index (χ0) is 23.4. The van der Waals surface area contributed by atoms with Gasteiger partial charge in [0.1, 0.15) is 4.34 Å². The molecule has 3 rings (SSSR count). The summed E-state index contributed by atoms with van der Waals surface area (Å²) in [4.78, 5) is 35.9.